The highest BCUT2D eigenvalue weighted by Crippen LogP contribution is 2.40. The number of rotatable bonds is 3. The van der Waals surface area contributed by atoms with Crippen molar-refractivity contribution in [3.8, 4) is 0 Å². The summed E-state index contributed by atoms with van der Waals surface area (Å²) >= 11 is 0. The van der Waals surface area contributed by atoms with E-state index in [2.05, 4.69) is 71.3 Å². The number of hydrogen-bond acceptors (Lipinski definition) is 8. The molecule has 0 aromatic carbocycles. The quantitative estimate of drug-likeness (QED) is 0.251. The SMILES string of the molecule is C=CC(=O)N1C[C@H](C)N(C2NC(=O)N3C4NC(C(F)CC42)N2C=C(CC=CCC4CCNC(C(C)C)C43)NN2)C[C@H]1C. The monoisotopic (exact) mass is 585 g/mol. The van der Waals surface area contributed by atoms with Gasteiger partial charge in [0.25, 0.3) is 0 Å². The minimum Gasteiger partial charge on any atom is -0.334 e. The normalized spacial score (nSPS) is 40.7. The minimum absolute atomic E-state index is 0.0138. The van der Waals surface area contributed by atoms with Gasteiger partial charge in [-0.2, -0.15) is 0 Å². The van der Waals surface area contributed by atoms with E-state index in [1.807, 2.05) is 22.9 Å². The summed E-state index contributed by atoms with van der Waals surface area (Å²) in [4.78, 5) is 33.1. The summed E-state index contributed by atoms with van der Waals surface area (Å²) in [6, 6.07) is -0.102. The molecule has 42 heavy (non-hydrogen) atoms. The number of carbonyl (C=O) groups excluding carboxylic acids is 2. The zero-order chi connectivity index (χ0) is 29.7. The van der Waals surface area contributed by atoms with E-state index < -0.39 is 12.3 Å². The number of nitrogens with one attached hydrogen (secondary N) is 5. The second kappa shape index (κ2) is 11.8. The van der Waals surface area contributed by atoms with Crippen LogP contribution in [0.5, 0.6) is 0 Å². The summed E-state index contributed by atoms with van der Waals surface area (Å²) in [7, 11) is 0. The molecule has 12 heteroatoms. The van der Waals surface area contributed by atoms with Gasteiger partial charge in [0.05, 0.1) is 18.4 Å². The number of nitrogens with zero attached hydrogens (tertiary/aromatic N) is 4. The molecule has 10 atom stereocenters. The molecule has 5 N–H and O–H groups in total. The van der Waals surface area contributed by atoms with Crippen LogP contribution in [0.3, 0.4) is 0 Å². The van der Waals surface area contributed by atoms with Crippen LogP contribution in [0.4, 0.5) is 9.18 Å². The van der Waals surface area contributed by atoms with Crippen molar-refractivity contribution in [3.63, 3.8) is 0 Å². The van der Waals surface area contributed by atoms with Crippen LogP contribution < -0.4 is 26.9 Å². The van der Waals surface area contributed by atoms with Gasteiger partial charge in [0, 0.05) is 55.5 Å². The van der Waals surface area contributed by atoms with E-state index in [1.54, 1.807) is 5.01 Å². The van der Waals surface area contributed by atoms with Crippen molar-refractivity contribution in [3.05, 3.63) is 36.7 Å². The molecule has 0 saturated carbocycles. The Morgan fingerprint density at radius 2 is 1.95 bits per heavy atom. The molecule has 3 amide bonds. The number of alkyl halides is 1. The second-order valence-electron chi connectivity index (χ2n) is 13.3. The molecule has 0 radical (unpaired) electrons. The number of amides is 3. The topological polar surface area (TPSA) is 107 Å². The summed E-state index contributed by atoms with van der Waals surface area (Å²) in [6.07, 6.45) is 8.06. The van der Waals surface area contributed by atoms with E-state index in [0.717, 1.165) is 31.5 Å². The number of halogens is 1. The molecule has 11 nitrogen and oxygen atoms in total. The largest absolute Gasteiger partial charge is 0.334 e. The van der Waals surface area contributed by atoms with Gasteiger partial charge in [0.2, 0.25) is 5.91 Å². The Morgan fingerprint density at radius 3 is 2.71 bits per heavy atom. The predicted octanol–water partition coefficient (Wildman–Crippen LogP) is 1.56. The average Bonchev–Trinajstić information content (AvgIpc) is 3.44. The number of hydrogen-bond donors (Lipinski definition) is 5. The van der Waals surface area contributed by atoms with Gasteiger partial charge in [-0.05, 0) is 57.6 Å². The van der Waals surface area contributed by atoms with E-state index >= 15 is 4.39 Å². The Bertz CT molecular complexity index is 1120. The molecular weight excluding hydrogens is 537 g/mol. The number of piperazine rings is 1. The van der Waals surface area contributed by atoms with Gasteiger partial charge in [0.15, 0.2) is 0 Å². The molecule has 0 aliphatic carbocycles. The third-order valence-electron chi connectivity index (χ3n) is 10.3. The van der Waals surface area contributed by atoms with E-state index in [4.69, 9.17) is 0 Å². The lowest BCUT2D eigenvalue weighted by molar-refractivity contribution is -0.137. The Morgan fingerprint density at radius 1 is 1.14 bits per heavy atom. The fourth-order valence-electron chi connectivity index (χ4n) is 8.22. The molecule has 6 rings (SSSR count). The molecule has 4 fully saturated rings. The number of piperidine rings is 2. The van der Waals surface area contributed by atoms with Gasteiger partial charge < -0.3 is 25.9 Å². The highest BCUT2D eigenvalue weighted by atomic mass is 19.1. The molecular formula is C30H48FN9O2. The number of hydrazine groups is 2. The summed E-state index contributed by atoms with van der Waals surface area (Å²) < 4.78 is 16.2. The van der Waals surface area contributed by atoms with Crippen LogP contribution in [0.2, 0.25) is 0 Å². The maximum Gasteiger partial charge on any atom is 0.320 e. The number of allylic oxidation sites excluding steroid dienone is 2. The molecule has 4 saturated heterocycles. The van der Waals surface area contributed by atoms with Gasteiger partial charge in [0.1, 0.15) is 12.3 Å². The molecule has 0 aromatic rings. The number of fused-ring (bicyclic) bond motifs is 5. The lowest BCUT2D eigenvalue weighted by Crippen LogP contribution is -2.80. The third-order valence-corrected chi connectivity index (χ3v) is 10.3. The summed E-state index contributed by atoms with van der Waals surface area (Å²) in [5.41, 5.74) is 7.30. The highest BCUT2D eigenvalue weighted by molar-refractivity contribution is 5.87. The first-order valence-electron chi connectivity index (χ1n) is 15.7. The number of carbonyl (C=O) groups is 2. The first kappa shape index (κ1) is 29.4. The van der Waals surface area contributed by atoms with Crippen LogP contribution >= 0.6 is 0 Å². The van der Waals surface area contributed by atoms with Crippen molar-refractivity contribution >= 4 is 11.9 Å². The summed E-state index contributed by atoms with van der Waals surface area (Å²) in [6.45, 7) is 14.2. The van der Waals surface area contributed by atoms with E-state index in [1.165, 1.54) is 6.08 Å². The zero-order valence-corrected chi connectivity index (χ0v) is 25.3. The Balaban J connectivity index is 1.38. The first-order valence-corrected chi connectivity index (χ1v) is 15.7. The Labute approximate surface area is 248 Å². The van der Waals surface area contributed by atoms with Crippen LogP contribution in [0.15, 0.2) is 36.7 Å². The lowest BCUT2D eigenvalue weighted by atomic mass is 9.77. The molecule has 232 valence electrons. The zero-order valence-electron chi connectivity index (χ0n) is 25.3. The van der Waals surface area contributed by atoms with Crippen molar-refractivity contribution < 1.29 is 14.0 Å². The standard InChI is InChI=1S/C30H48FN9O2/c1-6-24(41)37-14-19(5)38(15-18(37)4)27-22-13-23(31)29-33-28(22)40(30(42)34-27)26-20(11-12-32-25(26)17(2)3)9-7-8-10-21-16-39(29)36-35-21/h6-8,16-20,22-23,25-29,32-33,35-36H,1,9-15H2,2-5H3,(H,34,42)/t18-,19+,20?,22?,23?,25?,26?,27?,28?,29?/m1/s1. The van der Waals surface area contributed by atoms with Crippen LogP contribution in [-0.2, 0) is 4.79 Å². The molecule has 0 aromatic heterocycles. The van der Waals surface area contributed by atoms with Crippen molar-refractivity contribution in [1.82, 2.24) is 46.6 Å². The molecule has 8 unspecified atom stereocenters. The average molecular weight is 586 g/mol. The number of urea groups is 1. The second-order valence-corrected chi connectivity index (χ2v) is 13.3. The Kier molecular flexibility index (Phi) is 8.25. The molecule has 4 bridgehead atoms. The maximum atomic E-state index is 16.2. The van der Waals surface area contributed by atoms with Crippen LogP contribution in [0.1, 0.15) is 53.4 Å². The van der Waals surface area contributed by atoms with Crippen molar-refractivity contribution in [2.24, 2.45) is 17.8 Å². The molecule has 6 heterocycles. The fourth-order valence-corrected chi connectivity index (χ4v) is 8.22. The van der Waals surface area contributed by atoms with Gasteiger partial charge in [-0.25, -0.2) is 9.18 Å². The van der Waals surface area contributed by atoms with Gasteiger partial charge >= 0.3 is 6.03 Å². The molecule has 6 aliphatic rings. The molecule has 6 aliphatic heterocycles. The summed E-state index contributed by atoms with van der Waals surface area (Å²) in [5, 5.41) is 12.5. The smallest absolute Gasteiger partial charge is 0.320 e. The van der Waals surface area contributed by atoms with E-state index in [0.29, 0.717) is 25.4 Å². The van der Waals surface area contributed by atoms with E-state index in [9.17, 15) is 9.59 Å². The van der Waals surface area contributed by atoms with Gasteiger partial charge in [-0.1, -0.05) is 32.6 Å². The fraction of sp³-hybridized carbons (Fsp3) is 0.733. The van der Waals surface area contributed by atoms with Gasteiger partial charge in [-0.15, -0.1) is 5.53 Å². The van der Waals surface area contributed by atoms with Crippen molar-refractivity contribution in [2.45, 2.75) is 102 Å². The van der Waals surface area contributed by atoms with Crippen molar-refractivity contribution in [2.75, 3.05) is 19.6 Å². The van der Waals surface area contributed by atoms with Crippen molar-refractivity contribution in [1.29, 1.82) is 0 Å². The van der Waals surface area contributed by atoms with Crippen LogP contribution in [-0.4, -0.2) is 100 Å². The maximum absolute atomic E-state index is 16.2. The minimum atomic E-state index is -1.17. The van der Waals surface area contributed by atoms with E-state index in [-0.39, 0.29) is 60.3 Å². The predicted molar refractivity (Wildman–Crippen MR) is 159 cm³/mol. The van der Waals surface area contributed by atoms with Crippen LogP contribution in [0, 0.1) is 17.8 Å². The van der Waals surface area contributed by atoms with Gasteiger partial charge in [-0.3, -0.25) is 20.0 Å². The first-order chi connectivity index (χ1) is 20.2. The highest BCUT2D eigenvalue weighted by Gasteiger charge is 2.56. The third kappa shape index (κ3) is 5.20. The van der Waals surface area contributed by atoms with Crippen LogP contribution in [0.25, 0.3) is 0 Å². The lowest BCUT2D eigenvalue weighted by Gasteiger charge is -2.60. The Hall–Kier alpha value is -2.67. The molecule has 0 spiro atoms. The summed E-state index contributed by atoms with van der Waals surface area (Å²) in [5.74, 6) is 0.325.